The third kappa shape index (κ3) is 2.62. The summed E-state index contributed by atoms with van der Waals surface area (Å²) in [5.74, 6) is -0.359. The summed E-state index contributed by atoms with van der Waals surface area (Å²) in [5.41, 5.74) is 6.73. The maximum Gasteiger partial charge on any atom is 0.338 e. The monoisotopic (exact) mass is 284 g/mol. The lowest BCUT2D eigenvalue weighted by molar-refractivity contribution is 0.0468. The number of benzene rings is 2. The minimum Gasteiger partial charge on any atom is -0.456 e. The van der Waals surface area contributed by atoms with Crippen LogP contribution in [-0.2, 0) is 11.3 Å². The first-order valence-electron chi connectivity index (χ1n) is 6.08. The van der Waals surface area contributed by atoms with Gasteiger partial charge in [0.25, 0.3) is 0 Å². The topological polar surface area (TPSA) is 65.2 Å². The summed E-state index contributed by atoms with van der Waals surface area (Å²) in [6.45, 7) is 0.138. The van der Waals surface area contributed by atoms with E-state index in [1.165, 1.54) is 11.3 Å². The van der Waals surface area contributed by atoms with Crippen molar-refractivity contribution in [3.05, 3.63) is 59.1 Å². The third-order valence-corrected chi connectivity index (χ3v) is 3.63. The zero-order chi connectivity index (χ0) is 13.9. The maximum atomic E-state index is 12.0. The first-order valence-corrected chi connectivity index (χ1v) is 6.96. The standard InChI is InChI=1S/C15H12N2O2S/c16-15-17-13(9-20-15)8-19-14(18)12-6-5-10-3-1-2-4-11(10)7-12/h1-7,9H,8H2,(H2,16,17). The SMILES string of the molecule is Nc1nc(COC(=O)c2ccc3ccccc3c2)cs1. The van der Waals surface area contributed by atoms with Crippen molar-refractivity contribution >= 4 is 33.2 Å². The Morgan fingerprint density at radius 2 is 2.00 bits per heavy atom. The van der Waals surface area contributed by atoms with Crippen molar-refractivity contribution in [3.8, 4) is 0 Å². The number of rotatable bonds is 3. The smallest absolute Gasteiger partial charge is 0.338 e. The summed E-state index contributed by atoms with van der Waals surface area (Å²) in [7, 11) is 0. The van der Waals surface area contributed by atoms with Gasteiger partial charge in [-0.1, -0.05) is 30.3 Å². The molecule has 4 nitrogen and oxygen atoms in total. The number of aromatic nitrogens is 1. The Balaban J connectivity index is 1.75. The summed E-state index contributed by atoms with van der Waals surface area (Å²) < 4.78 is 5.23. The van der Waals surface area contributed by atoms with E-state index in [0.717, 1.165) is 10.8 Å². The van der Waals surface area contributed by atoms with Crippen LogP contribution in [0, 0.1) is 0 Å². The van der Waals surface area contributed by atoms with Gasteiger partial charge in [-0.05, 0) is 22.9 Å². The first-order chi connectivity index (χ1) is 9.72. The molecule has 2 aromatic carbocycles. The highest BCUT2D eigenvalue weighted by Crippen LogP contribution is 2.17. The van der Waals surface area contributed by atoms with E-state index < -0.39 is 0 Å². The van der Waals surface area contributed by atoms with Crippen molar-refractivity contribution in [1.29, 1.82) is 0 Å². The van der Waals surface area contributed by atoms with E-state index >= 15 is 0 Å². The van der Waals surface area contributed by atoms with Crippen molar-refractivity contribution in [1.82, 2.24) is 4.98 Å². The lowest BCUT2D eigenvalue weighted by Crippen LogP contribution is -2.05. The Morgan fingerprint density at radius 1 is 1.20 bits per heavy atom. The fourth-order valence-corrected chi connectivity index (χ4v) is 2.48. The molecule has 100 valence electrons. The average molecular weight is 284 g/mol. The molecule has 5 heteroatoms. The molecule has 2 N–H and O–H groups in total. The summed E-state index contributed by atoms with van der Waals surface area (Å²) in [6.07, 6.45) is 0. The number of nitrogens with two attached hydrogens (primary N) is 1. The second-order valence-corrected chi connectivity index (χ2v) is 5.20. The minimum absolute atomic E-state index is 0.138. The van der Waals surface area contributed by atoms with Crippen LogP contribution >= 0.6 is 11.3 Å². The second-order valence-electron chi connectivity index (χ2n) is 4.32. The van der Waals surface area contributed by atoms with Gasteiger partial charge in [-0.2, -0.15) is 0 Å². The van der Waals surface area contributed by atoms with Crippen LogP contribution in [0.15, 0.2) is 47.8 Å². The number of anilines is 1. The summed E-state index contributed by atoms with van der Waals surface area (Å²) in [5, 5.41) is 4.36. The van der Waals surface area contributed by atoms with Gasteiger partial charge < -0.3 is 10.5 Å². The fourth-order valence-electron chi connectivity index (χ4n) is 1.93. The molecule has 0 bridgehead atoms. The van der Waals surface area contributed by atoms with Gasteiger partial charge in [-0.25, -0.2) is 9.78 Å². The molecule has 3 rings (SSSR count). The van der Waals surface area contributed by atoms with Gasteiger partial charge in [0.15, 0.2) is 5.13 Å². The number of esters is 1. The van der Waals surface area contributed by atoms with Gasteiger partial charge in [0.2, 0.25) is 0 Å². The van der Waals surface area contributed by atoms with Gasteiger partial charge in [-0.3, -0.25) is 0 Å². The van der Waals surface area contributed by atoms with Gasteiger partial charge in [-0.15, -0.1) is 11.3 Å². The highest BCUT2D eigenvalue weighted by molar-refractivity contribution is 7.13. The quantitative estimate of drug-likeness (QED) is 0.750. The molecule has 0 saturated heterocycles. The molecule has 0 atom stereocenters. The average Bonchev–Trinajstić information content (AvgIpc) is 2.90. The Bertz CT molecular complexity index is 767. The van der Waals surface area contributed by atoms with Gasteiger partial charge >= 0.3 is 5.97 Å². The largest absolute Gasteiger partial charge is 0.456 e. The summed E-state index contributed by atoms with van der Waals surface area (Å²) in [6, 6.07) is 13.4. The highest BCUT2D eigenvalue weighted by Gasteiger charge is 2.09. The predicted molar refractivity (Wildman–Crippen MR) is 79.6 cm³/mol. The van der Waals surface area contributed by atoms with Crippen LogP contribution in [0.5, 0.6) is 0 Å². The molecule has 3 aromatic rings. The molecule has 1 heterocycles. The second kappa shape index (κ2) is 5.30. The van der Waals surface area contributed by atoms with Crippen LogP contribution < -0.4 is 5.73 Å². The molecule has 0 fully saturated rings. The van der Waals surface area contributed by atoms with E-state index in [0.29, 0.717) is 16.4 Å². The molecule has 0 unspecified atom stereocenters. The molecule has 20 heavy (non-hydrogen) atoms. The Morgan fingerprint density at radius 3 is 2.75 bits per heavy atom. The van der Waals surface area contributed by atoms with Gasteiger partial charge in [0.1, 0.15) is 6.61 Å². The Labute approximate surface area is 119 Å². The molecule has 0 saturated carbocycles. The summed E-state index contributed by atoms with van der Waals surface area (Å²) >= 11 is 1.33. The first kappa shape index (κ1) is 12.6. The van der Waals surface area contributed by atoms with E-state index in [1.54, 1.807) is 11.4 Å². The number of hydrogen-bond donors (Lipinski definition) is 1. The Kier molecular flexibility index (Phi) is 3.35. The minimum atomic E-state index is -0.359. The number of nitrogens with zero attached hydrogens (tertiary/aromatic N) is 1. The van der Waals surface area contributed by atoms with Crippen LogP contribution in [0.3, 0.4) is 0 Å². The predicted octanol–water partition coefficient (Wildman–Crippen LogP) is 3.24. The number of carbonyl (C=O) groups excluding carboxylic acids is 1. The van der Waals surface area contributed by atoms with Crippen LogP contribution in [0.1, 0.15) is 16.1 Å². The maximum absolute atomic E-state index is 12.0. The molecule has 0 aliphatic rings. The van der Waals surface area contributed by atoms with E-state index in [-0.39, 0.29) is 12.6 Å². The lowest BCUT2D eigenvalue weighted by Gasteiger charge is -2.04. The molecule has 0 amide bonds. The lowest BCUT2D eigenvalue weighted by atomic mass is 10.1. The summed E-state index contributed by atoms with van der Waals surface area (Å²) in [4.78, 5) is 16.0. The van der Waals surface area contributed by atoms with Crippen molar-refractivity contribution in [2.45, 2.75) is 6.61 Å². The number of thiazole rings is 1. The van der Waals surface area contributed by atoms with Crippen LogP contribution in [0.4, 0.5) is 5.13 Å². The van der Waals surface area contributed by atoms with E-state index in [1.807, 2.05) is 36.4 Å². The highest BCUT2D eigenvalue weighted by atomic mass is 32.1. The molecule has 0 aliphatic heterocycles. The zero-order valence-electron chi connectivity index (χ0n) is 10.6. The van der Waals surface area contributed by atoms with Gasteiger partial charge in [0.05, 0.1) is 11.3 Å². The number of ether oxygens (including phenoxy) is 1. The number of hydrogen-bond acceptors (Lipinski definition) is 5. The van der Waals surface area contributed by atoms with Crippen molar-refractivity contribution in [2.24, 2.45) is 0 Å². The molecule has 0 aliphatic carbocycles. The van der Waals surface area contributed by atoms with E-state index in [2.05, 4.69) is 4.98 Å². The molecule has 0 spiro atoms. The van der Waals surface area contributed by atoms with E-state index in [9.17, 15) is 4.79 Å². The fraction of sp³-hybridized carbons (Fsp3) is 0.0667. The van der Waals surface area contributed by atoms with Crippen molar-refractivity contribution in [3.63, 3.8) is 0 Å². The zero-order valence-corrected chi connectivity index (χ0v) is 11.4. The van der Waals surface area contributed by atoms with Crippen molar-refractivity contribution < 1.29 is 9.53 Å². The Hall–Kier alpha value is -2.40. The molecular formula is C15H12N2O2S. The van der Waals surface area contributed by atoms with Crippen LogP contribution in [-0.4, -0.2) is 11.0 Å². The molecule has 0 radical (unpaired) electrons. The normalized spacial score (nSPS) is 10.6. The molecule has 1 aromatic heterocycles. The molecular weight excluding hydrogens is 272 g/mol. The number of nitrogen functional groups attached to an aromatic ring is 1. The van der Waals surface area contributed by atoms with E-state index in [4.69, 9.17) is 10.5 Å². The third-order valence-electron chi connectivity index (χ3n) is 2.91. The van der Waals surface area contributed by atoms with Gasteiger partial charge in [0, 0.05) is 5.38 Å². The van der Waals surface area contributed by atoms with Crippen LogP contribution in [0.25, 0.3) is 10.8 Å². The van der Waals surface area contributed by atoms with Crippen molar-refractivity contribution in [2.75, 3.05) is 5.73 Å². The van der Waals surface area contributed by atoms with Crippen LogP contribution in [0.2, 0.25) is 0 Å². The number of fused-ring (bicyclic) bond motifs is 1. The number of carbonyl (C=O) groups is 1.